The lowest BCUT2D eigenvalue weighted by molar-refractivity contribution is 0.0766. The highest BCUT2D eigenvalue weighted by Crippen LogP contribution is 2.30. The summed E-state index contributed by atoms with van der Waals surface area (Å²) in [7, 11) is 0. The van der Waals surface area contributed by atoms with Crippen LogP contribution in [0, 0.1) is 0 Å². The molecule has 27 heavy (non-hydrogen) atoms. The Hall–Kier alpha value is -2.57. The number of aryl methyl sites for hydroxylation is 1. The van der Waals surface area contributed by atoms with Crippen LogP contribution in [-0.2, 0) is 6.42 Å². The second-order valence-electron chi connectivity index (χ2n) is 7.33. The number of anilines is 1. The highest BCUT2D eigenvalue weighted by atomic mass is 16.5. The Morgan fingerprint density at radius 2 is 2.19 bits per heavy atom. The fourth-order valence-electron chi connectivity index (χ4n) is 3.86. The molecule has 2 saturated heterocycles. The van der Waals surface area contributed by atoms with E-state index in [4.69, 9.17) is 4.74 Å². The van der Waals surface area contributed by atoms with E-state index in [1.165, 1.54) is 12.8 Å². The Morgan fingerprint density at radius 1 is 1.33 bits per heavy atom. The first-order valence-electron chi connectivity index (χ1n) is 9.94. The maximum Gasteiger partial charge on any atom is 0.274 e. The Morgan fingerprint density at radius 3 is 3.00 bits per heavy atom. The zero-order valence-electron chi connectivity index (χ0n) is 15.9. The van der Waals surface area contributed by atoms with Gasteiger partial charge in [-0.3, -0.25) is 9.89 Å². The average Bonchev–Trinajstić information content (AvgIpc) is 3.44. The molecule has 1 N–H and O–H groups in total. The molecular weight excluding hydrogens is 342 g/mol. The standard InChI is InChI=1S/C20H27N5O2/c1-2-6-15-13-17(23-22-15)20(26)25-12-8-16(14-25)27-18-7-5-9-21-19(18)24-10-3-4-11-24/h5,7,9,13,16H,2-4,6,8,10-12,14H2,1H3,(H,22,23)/t16-/m1/s1. The number of aromatic amines is 1. The molecule has 2 aliphatic rings. The summed E-state index contributed by atoms with van der Waals surface area (Å²) >= 11 is 0. The molecule has 2 aromatic rings. The fraction of sp³-hybridized carbons (Fsp3) is 0.550. The predicted molar refractivity (Wildman–Crippen MR) is 103 cm³/mol. The van der Waals surface area contributed by atoms with E-state index in [2.05, 4.69) is 27.0 Å². The minimum absolute atomic E-state index is 0.00597. The highest BCUT2D eigenvalue weighted by molar-refractivity contribution is 5.92. The molecule has 0 spiro atoms. The third-order valence-corrected chi connectivity index (χ3v) is 5.25. The Labute approximate surface area is 159 Å². The van der Waals surface area contributed by atoms with E-state index in [9.17, 15) is 4.79 Å². The van der Waals surface area contributed by atoms with Crippen LogP contribution in [0.2, 0.25) is 0 Å². The quantitative estimate of drug-likeness (QED) is 0.847. The van der Waals surface area contributed by atoms with Gasteiger partial charge in [-0.2, -0.15) is 5.10 Å². The topological polar surface area (TPSA) is 74.4 Å². The largest absolute Gasteiger partial charge is 0.485 e. The molecule has 0 bridgehead atoms. The summed E-state index contributed by atoms with van der Waals surface area (Å²) in [5.41, 5.74) is 1.51. The van der Waals surface area contributed by atoms with Gasteiger partial charge in [0.1, 0.15) is 11.8 Å². The third-order valence-electron chi connectivity index (χ3n) is 5.25. The molecule has 0 radical (unpaired) electrons. The second-order valence-corrected chi connectivity index (χ2v) is 7.33. The number of nitrogens with zero attached hydrogens (tertiary/aromatic N) is 4. The molecule has 144 valence electrons. The number of carbonyl (C=O) groups is 1. The number of H-pyrrole nitrogens is 1. The maximum atomic E-state index is 12.7. The van der Waals surface area contributed by atoms with Crippen molar-refractivity contribution in [2.45, 2.75) is 45.1 Å². The highest BCUT2D eigenvalue weighted by Gasteiger charge is 2.30. The summed E-state index contributed by atoms with van der Waals surface area (Å²) in [5, 5.41) is 7.14. The van der Waals surface area contributed by atoms with Crippen molar-refractivity contribution >= 4 is 11.7 Å². The molecule has 1 atom stereocenters. The van der Waals surface area contributed by atoms with Crippen LogP contribution in [0.5, 0.6) is 5.75 Å². The third kappa shape index (κ3) is 3.91. The normalized spacial score (nSPS) is 19.7. The lowest BCUT2D eigenvalue weighted by Gasteiger charge is -2.22. The number of hydrogen-bond donors (Lipinski definition) is 1. The van der Waals surface area contributed by atoms with E-state index in [1.807, 2.05) is 29.3 Å². The van der Waals surface area contributed by atoms with Crippen LogP contribution in [0.15, 0.2) is 24.4 Å². The van der Waals surface area contributed by atoms with Crippen molar-refractivity contribution in [1.82, 2.24) is 20.1 Å². The number of amides is 1. The van der Waals surface area contributed by atoms with Gasteiger partial charge in [0.25, 0.3) is 5.91 Å². The zero-order chi connectivity index (χ0) is 18.6. The van der Waals surface area contributed by atoms with E-state index in [1.54, 1.807) is 0 Å². The van der Waals surface area contributed by atoms with Gasteiger partial charge in [0, 0.05) is 37.9 Å². The van der Waals surface area contributed by atoms with Crippen molar-refractivity contribution < 1.29 is 9.53 Å². The van der Waals surface area contributed by atoms with Crippen molar-refractivity contribution in [3.63, 3.8) is 0 Å². The van der Waals surface area contributed by atoms with Crippen molar-refractivity contribution in [3.05, 3.63) is 35.8 Å². The van der Waals surface area contributed by atoms with Crippen LogP contribution in [0.4, 0.5) is 5.82 Å². The number of ether oxygens (including phenoxy) is 1. The second kappa shape index (κ2) is 7.98. The van der Waals surface area contributed by atoms with Gasteiger partial charge in [-0.05, 0) is 37.5 Å². The van der Waals surface area contributed by atoms with Gasteiger partial charge in [-0.25, -0.2) is 4.98 Å². The molecule has 0 saturated carbocycles. The predicted octanol–water partition coefficient (Wildman–Crippen LogP) is 2.65. The summed E-state index contributed by atoms with van der Waals surface area (Å²) in [4.78, 5) is 21.4. The van der Waals surface area contributed by atoms with Gasteiger partial charge in [0.15, 0.2) is 11.6 Å². The Bertz CT molecular complexity index is 784. The van der Waals surface area contributed by atoms with E-state index >= 15 is 0 Å². The monoisotopic (exact) mass is 369 g/mol. The molecule has 0 aromatic carbocycles. The lowest BCUT2D eigenvalue weighted by Crippen LogP contribution is -2.31. The molecule has 2 fully saturated rings. The number of rotatable bonds is 6. The van der Waals surface area contributed by atoms with Crippen LogP contribution in [0.3, 0.4) is 0 Å². The van der Waals surface area contributed by atoms with Crippen LogP contribution >= 0.6 is 0 Å². The first-order valence-corrected chi connectivity index (χ1v) is 9.94. The summed E-state index contributed by atoms with van der Waals surface area (Å²) in [6, 6.07) is 5.76. The first kappa shape index (κ1) is 17.8. The Kier molecular flexibility index (Phi) is 5.27. The molecule has 0 aliphatic carbocycles. The molecule has 2 aliphatic heterocycles. The number of pyridine rings is 1. The SMILES string of the molecule is CCCc1cc(C(=O)N2CC[C@@H](Oc3cccnc3N3CCCC3)C2)n[nH]1. The van der Waals surface area contributed by atoms with Crippen LogP contribution in [0.25, 0.3) is 0 Å². The van der Waals surface area contributed by atoms with Gasteiger partial charge in [0.2, 0.25) is 0 Å². The van der Waals surface area contributed by atoms with Crippen molar-refractivity contribution in [2.75, 3.05) is 31.1 Å². The van der Waals surface area contributed by atoms with E-state index < -0.39 is 0 Å². The number of aromatic nitrogens is 3. The van der Waals surface area contributed by atoms with Gasteiger partial charge < -0.3 is 14.5 Å². The molecule has 4 heterocycles. The summed E-state index contributed by atoms with van der Waals surface area (Å²) in [6.07, 6.45) is 6.97. The zero-order valence-corrected chi connectivity index (χ0v) is 15.9. The molecular formula is C20H27N5O2. The molecule has 1 amide bonds. The molecule has 0 unspecified atom stereocenters. The maximum absolute atomic E-state index is 12.7. The molecule has 7 nitrogen and oxygen atoms in total. The average molecular weight is 369 g/mol. The van der Waals surface area contributed by atoms with Crippen LogP contribution < -0.4 is 9.64 Å². The minimum Gasteiger partial charge on any atom is -0.485 e. The molecule has 4 rings (SSSR count). The van der Waals surface area contributed by atoms with Crippen molar-refractivity contribution in [3.8, 4) is 5.75 Å². The fourth-order valence-corrected chi connectivity index (χ4v) is 3.86. The van der Waals surface area contributed by atoms with Gasteiger partial charge in [-0.15, -0.1) is 0 Å². The van der Waals surface area contributed by atoms with Crippen LogP contribution in [-0.4, -0.2) is 58.3 Å². The number of nitrogens with one attached hydrogen (secondary N) is 1. The number of carbonyl (C=O) groups excluding carboxylic acids is 1. The van der Waals surface area contributed by atoms with E-state index in [0.717, 1.165) is 49.6 Å². The molecule has 2 aromatic heterocycles. The van der Waals surface area contributed by atoms with Crippen LogP contribution in [0.1, 0.15) is 48.8 Å². The van der Waals surface area contributed by atoms with E-state index in [0.29, 0.717) is 18.8 Å². The smallest absolute Gasteiger partial charge is 0.274 e. The first-order chi connectivity index (χ1) is 13.2. The van der Waals surface area contributed by atoms with Gasteiger partial charge in [-0.1, -0.05) is 13.3 Å². The number of hydrogen-bond acceptors (Lipinski definition) is 5. The summed E-state index contributed by atoms with van der Waals surface area (Å²) in [6.45, 7) is 5.45. The lowest BCUT2D eigenvalue weighted by atomic mass is 10.2. The van der Waals surface area contributed by atoms with Crippen molar-refractivity contribution in [2.24, 2.45) is 0 Å². The van der Waals surface area contributed by atoms with Crippen molar-refractivity contribution in [1.29, 1.82) is 0 Å². The Balaban J connectivity index is 1.39. The summed E-state index contributed by atoms with van der Waals surface area (Å²) < 4.78 is 6.25. The number of likely N-dealkylation sites (tertiary alicyclic amines) is 1. The molecule has 7 heteroatoms. The summed E-state index contributed by atoms with van der Waals surface area (Å²) in [5.74, 6) is 1.73. The van der Waals surface area contributed by atoms with E-state index in [-0.39, 0.29) is 12.0 Å². The minimum atomic E-state index is -0.0225. The van der Waals surface area contributed by atoms with Gasteiger partial charge in [0.05, 0.1) is 6.54 Å². The van der Waals surface area contributed by atoms with Gasteiger partial charge >= 0.3 is 0 Å².